The molecule has 0 aliphatic carbocycles. The van der Waals surface area contributed by atoms with Crippen molar-refractivity contribution in [3.05, 3.63) is 11.4 Å². The molecular formula is C11H17N5O2. The standard InChI is InChI=1S/C11H17N5O2/c1-3-7-9(12)10(14-13-7)11(18)16-5-4-15(2)8(17)6-16/h3-6,12H2,1-2H3,(H,13,14). The number of aromatic amines is 1. The van der Waals surface area contributed by atoms with Gasteiger partial charge in [0.05, 0.1) is 11.4 Å². The highest BCUT2D eigenvalue weighted by Gasteiger charge is 2.28. The molecule has 2 amide bonds. The third kappa shape index (κ3) is 2.03. The van der Waals surface area contributed by atoms with Crippen molar-refractivity contribution in [2.24, 2.45) is 0 Å². The van der Waals surface area contributed by atoms with E-state index in [1.54, 1.807) is 11.9 Å². The molecule has 2 heterocycles. The van der Waals surface area contributed by atoms with Crippen LogP contribution in [0.3, 0.4) is 0 Å². The maximum Gasteiger partial charge on any atom is 0.277 e. The van der Waals surface area contributed by atoms with Gasteiger partial charge in [0.1, 0.15) is 6.54 Å². The molecule has 0 unspecified atom stereocenters. The van der Waals surface area contributed by atoms with Crippen molar-refractivity contribution in [3.8, 4) is 0 Å². The number of piperazine rings is 1. The Labute approximate surface area is 105 Å². The van der Waals surface area contributed by atoms with Gasteiger partial charge < -0.3 is 15.5 Å². The maximum atomic E-state index is 12.2. The molecule has 0 radical (unpaired) electrons. The normalized spacial score (nSPS) is 16.2. The van der Waals surface area contributed by atoms with Crippen LogP contribution in [-0.4, -0.2) is 58.5 Å². The monoisotopic (exact) mass is 251 g/mol. The second-order valence-electron chi connectivity index (χ2n) is 4.36. The number of nitrogens with two attached hydrogens (primary N) is 1. The highest BCUT2D eigenvalue weighted by molar-refractivity contribution is 5.99. The number of aromatic nitrogens is 2. The van der Waals surface area contributed by atoms with Gasteiger partial charge in [0.15, 0.2) is 5.69 Å². The molecule has 0 atom stereocenters. The summed E-state index contributed by atoms with van der Waals surface area (Å²) in [5, 5.41) is 6.69. The van der Waals surface area contributed by atoms with Crippen LogP contribution in [0.25, 0.3) is 0 Å². The first-order valence-electron chi connectivity index (χ1n) is 5.90. The lowest BCUT2D eigenvalue weighted by atomic mass is 10.2. The number of carbonyl (C=O) groups excluding carboxylic acids is 2. The number of rotatable bonds is 2. The molecule has 1 fully saturated rings. The van der Waals surface area contributed by atoms with Crippen molar-refractivity contribution in [1.29, 1.82) is 0 Å². The molecule has 1 saturated heterocycles. The number of nitrogens with one attached hydrogen (secondary N) is 1. The summed E-state index contributed by atoms with van der Waals surface area (Å²) in [6.07, 6.45) is 0.688. The van der Waals surface area contributed by atoms with Gasteiger partial charge in [-0.1, -0.05) is 6.92 Å². The number of hydrogen-bond acceptors (Lipinski definition) is 4. The average Bonchev–Trinajstić information content (AvgIpc) is 2.73. The Morgan fingerprint density at radius 1 is 1.50 bits per heavy atom. The van der Waals surface area contributed by atoms with E-state index >= 15 is 0 Å². The molecule has 1 aromatic heterocycles. The van der Waals surface area contributed by atoms with Crippen LogP contribution >= 0.6 is 0 Å². The summed E-state index contributed by atoms with van der Waals surface area (Å²) in [7, 11) is 1.72. The van der Waals surface area contributed by atoms with E-state index in [2.05, 4.69) is 10.2 Å². The molecule has 0 bridgehead atoms. The lowest BCUT2D eigenvalue weighted by Gasteiger charge is -2.31. The molecule has 1 aliphatic rings. The van der Waals surface area contributed by atoms with Crippen molar-refractivity contribution in [1.82, 2.24) is 20.0 Å². The van der Waals surface area contributed by atoms with E-state index in [0.29, 0.717) is 25.2 Å². The molecule has 1 aromatic rings. The second-order valence-corrected chi connectivity index (χ2v) is 4.36. The van der Waals surface area contributed by atoms with Gasteiger partial charge in [-0.15, -0.1) is 0 Å². The largest absolute Gasteiger partial charge is 0.395 e. The fourth-order valence-electron chi connectivity index (χ4n) is 1.90. The van der Waals surface area contributed by atoms with E-state index in [0.717, 1.165) is 5.69 Å². The number of aryl methyl sites for hydroxylation is 1. The number of nitrogen functional groups attached to an aromatic ring is 1. The van der Waals surface area contributed by atoms with Gasteiger partial charge in [0, 0.05) is 20.1 Å². The summed E-state index contributed by atoms with van der Waals surface area (Å²) in [4.78, 5) is 26.8. The summed E-state index contributed by atoms with van der Waals surface area (Å²) in [6, 6.07) is 0. The predicted molar refractivity (Wildman–Crippen MR) is 65.9 cm³/mol. The third-order valence-electron chi connectivity index (χ3n) is 3.18. The molecule has 2 rings (SSSR count). The van der Waals surface area contributed by atoms with Crippen molar-refractivity contribution >= 4 is 17.5 Å². The Hall–Kier alpha value is -2.05. The number of anilines is 1. The van der Waals surface area contributed by atoms with Crippen LogP contribution in [0, 0.1) is 0 Å². The van der Waals surface area contributed by atoms with Crippen LogP contribution < -0.4 is 5.73 Å². The molecular weight excluding hydrogens is 234 g/mol. The minimum absolute atomic E-state index is 0.0700. The average molecular weight is 251 g/mol. The maximum absolute atomic E-state index is 12.2. The van der Waals surface area contributed by atoms with E-state index in [1.807, 2.05) is 6.92 Å². The number of nitrogens with zero attached hydrogens (tertiary/aromatic N) is 3. The molecule has 7 nitrogen and oxygen atoms in total. The quantitative estimate of drug-likeness (QED) is 0.738. The summed E-state index contributed by atoms with van der Waals surface area (Å²) >= 11 is 0. The van der Waals surface area contributed by atoms with Gasteiger partial charge in [-0.3, -0.25) is 14.7 Å². The first kappa shape index (κ1) is 12.4. The number of likely N-dealkylation sites (N-methyl/N-ethyl adjacent to an activating group) is 1. The summed E-state index contributed by atoms with van der Waals surface area (Å²) in [5.41, 5.74) is 7.19. The van der Waals surface area contributed by atoms with Crippen LogP contribution in [0.5, 0.6) is 0 Å². The second kappa shape index (κ2) is 4.67. The topological polar surface area (TPSA) is 95.3 Å². The number of H-pyrrole nitrogens is 1. The predicted octanol–water partition coefficient (Wildman–Crippen LogP) is -0.531. The van der Waals surface area contributed by atoms with Crippen molar-refractivity contribution in [2.75, 3.05) is 32.4 Å². The van der Waals surface area contributed by atoms with Crippen LogP contribution in [0.15, 0.2) is 0 Å². The Morgan fingerprint density at radius 2 is 2.22 bits per heavy atom. The molecule has 0 saturated carbocycles. The highest BCUT2D eigenvalue weighted by Crippen LogP contribution is 2.17. The number of carbonyl (C=O) groups is 2. The van der Waals surface area contributed by atoms with E-state index in [1.165, 1.54) is 4.90 Å². The summed E-state index contributed by atoms with van der Waals surface area (Å²) in [6.45, 7) is 3.06. The molecule has 98 valence electrons. The van der Waals surface area contributed by atoms with Gasteiger partial charge in [0.25, 0.3) is 5.91 Å². The van der Waals surface area contributed by atoms with E-state index in [9.17, 15) is 9.59 Å². The fraction of sp³-hybridized carbons (Fsp3) is 0.545. The zero-order valence-corrected chi connectivity index (χ0v) is 10.6. The van der Waals surface area contributed by atoms with Gasteiger partial charge in [-0.05, 0) is 6.42 Å². The zero-order chi connectivity index (χ0) is 13.3. The molecule has 0 aromatic carbocycles. The highest BCUT2D eigenvalue weighted by atomic mass is 16.2. The first-order chi connectivity index (χ1) is 8.54. The first-order valence-corrected chi connectivity index (χ1v) is 5.90. The lowest BCUT2D eigenvalue weighted by Crippen LogP contribution is -2.50. The van der Waals surface area contributed by atoms with Crippen molar-refractivity contribution < 1.29 is 9.59 Å². The van der Waals surface area contributed by atoms with Crippen LogP contribution in [0.4, 0.5) is 5.69 Å². The minimum atomic E-state index is -0.287. The third-order valence-corrected chi connectivity index (χ3v) is 3.18. The Bertz CT molecular complexity index is 482. The number of hydrogen-bond donors (Lipinski definition) is 2. The SMILES string of the molecule is CCc1[nH]nc(C(=O)N2CCN(C)C(=O)C2)c1N. The molecule has 3 N–H and O–H groups in total. The zero-order valence-electron chi connectivity index (χ0n) is 10.6. The van der Waals surface area contributed by atoms with Gasteiger partial charge >= 0.3 is 0 Å². The van der Waals surface area contributed by atoms with Crippen LogP contribution in [0.1, 0.15) is 23.1 Å². The number of amides is 2. The van der Waals surface area contributed by atoms with Crippen molar-refractivity contribution in [3.63, 3.8) is 0 Å². The van der Waals surface area contributed by atoms with Crippen LogP contribution in [0.2, 0.25) is 0 Å². The van der Waals surface area contributed by atoms with E-state index < -0.39 is 0 Å². The summed E-state index contributed by atoms with van der Waals surface area (Å²) < 4.78 is 0. The molecule has 7 heteroatoms. The smallest absolute Gasteiger partial charge is 0.277 e. The Balaban J connectivity index is 2.16. The van der Waals surface area contributed by atoms with Crippen LogP contribution in [-0.2, 0) is 11.2 Å². The van der Waals surface area contributed by atoms with E-state index in [4.69, 9.17) is 5.73 Å². The molecule has 18 heavy (non-hydrogen) atoms. The van der Waals surface area contributed by atoms with Crippen molar-refractivity contribution in [2.45, 2.75) is 13.3 Å². The van der Waals surface area contributed by atoms with E-state index in [-0.39, 0.29) is 24.1 Å². The molecule has 0 spiro atoms. The molecule has 1 aliphatic heterocycles. The minimum Gasteiger partial charge on any atom is -0.395 e. The van der Waals surface area contributed by atoms with Gasteiger partial charge in [-0.25, -0.2) is 0 Å². The lowest BCUT2D eigenvalue weighted by molar-refractivity contribution is -0.133. The van der Waals surface area contributed by atoms with Gasteiger partial charge in [0.2, 0.25) is 5.91 Å². The Morgan fingerprint density at radius 3 is 2.78 bits per heavy atom. The summed E-state index contributed by atoms with van der Waals surface area (Å²) in [5.74, 6) is -0.357. The fourth-order valence-corrected chi connectivity index (χ4v) is 1.90. The van der Waals surface area contributed by atoms with Gasteiger partial charge in [-0.2, -0.15) is 5.10 Å². The Kier molecular flexibility index (Phi) is 3.22.